The fourth-order valence-corrected chi connectivity index (χ4v) is 4.45. The minimum atomic E-state index is -3.90. The zero-order valence-electron chi connectivity index (χ0n) is 14.1. The molecule has 0 atom stereocenters. The summed E-state index contributed by atoms with van der Waals surface area (Å²) in [4.78, 5) is 4.20. The number of hydrogen-bond acceptors (Lipinski definition) is 5. The van der Waals surface area contributed by atoms with Crippen molar-refractivity contribution >= 4 is 38.8 Å². The molecule has 0 unspecified atom stereocenters. The summed E-state index contributed by atoms with van der Waals surface area (Å²) in [6, 6.07) is 4.50. The van der Waals surface area contributed by atoms with Crippen molar-refractivity contribution < 1.29 is 17.2 Å². The molecule has 3 aromatic rings. The van der Waals surface area contributed by atoms with E-state index >= 15 is 0 Å². The molecule has 2 aromatic heterocycles. The average Bonchev–Trinajstić information content (AvgIpc) is 2.99. The number of thioether (sulfide) groups is 1. The van der Waals surface area contributed by atoms with Crippen molar-refractivity contribution in [2.24, 2.45) is 0 Å². The van der Waals surface area contributed by atoms with Gasteiger partial charge in [0.25, 0.3) is 0 Å². The van der Waals surface area contributed by atoms with Crippen molar-refractivity contribution in [3.8, 4) is 0 Å². The molecule has 3 rings (SSSR count). The van der Waals surface area contributed by atoms with Gasteiger partial charge in [0, 0.05) is 12.1 Å². The molecule has 6 nitrogen and oxygen atoms in total. The first-order valence-corrected chi connectivity index (χ1v) is 10.6. The van der Waals surface area contributed by atoms with Crippen molar-refractivity contribution in [1.82, 2.24) is 14.6 Å². The summed E-state index contributed by atoms with van der Waals surface area (Å²) in [5, 5.41) is 4.99. The van der Waals surface area contributed by atoms with Gasteiger partial charge in [0.1, 0.15) is 10.8 Å². The summed E-state index contributed by atoms with van der Waals surface area (Å²) in [6.45, 7) is 1.70. The van der Waals surface area contributed by atoms with E-state index in [4.69, 9.17) is 0 Å². The second-order valence-corrected chi connectivity index (χ2v) is 8.24. The van der Waals surface area contributed by atoms with Crippen LogP contribution < -0.4 is 4.31 Å². The van der Waals surface area contributed by atoms with Gasteiger partial charge in [-0.3, -0.25) is 0 Å². The lowest BCUT2D eigenvalue weighted by molar-refractivity contribution is 0.578. The second kappa shape index (κ2) is 7.20. The van der Waals surface area contributed by atoms with Crippen LogP contribution in [0.1, 0.15) is 13.3 Å². The predicted molar refractivity (Wildman–Crippen MR) is 97.3 cm³/mol. The van der Waals surface area contributed by atoms with Crippen molar-refractivity contribution in [3.63, 3.8) is 0 Å². The van der Waals surface area contributed by atoms with Crippen LogP contribution in [0.15, 0.2) is 41.7 Å². The minimum Gasteiger partial charge on any atom is -0.235 e. The molecular weight excluding hydrogens is 382 g/mol. The number of aromatic nitrogens is 3. The lowest BCUT2D eigenvalue weighted by atomic mass is 10.3. The maximum Gasteiger partial charge on any atom is 0.239 e. The van der Waals surface area contributed by atoms with E-state index in [-0.39, 0.29) is 17.1 Å². The van der Waals surface area contributed by atoms with Crippen LogP contribution in [0.5, 0.6) is 0 Å². The SMILES string of the molecule is CCCS(=O)(=O)N(c1cnc2cc(SC)nn2c1)c1ccc(F)cc1F. The molecule has 0 saturated carbocycles. The van der Waals surface area contributed by atoms with Crippen LogP contribution in [0.3, 0.4) is 0 Å². The first-order valence-electron chi connectivity index (χ1n) is 7.73. The molecule has 0 fully saturated rings. The normalized spacial score (nSPS) is 11.8. The molecule has 2 heterocycles. The molecule has 10 heteroatoms. The van der Waals surface area contributed by atoms with E-state index in [1.54, 1.807) is 13.0 Å². The van der Waals surface area contributed by atoms with E-state index in [1.807, 2.05) is 6.26 Å². The van der Waals surface area contributed by atoms with Crippen molar-refractivity contribution in [3.05, 3.63) is 48.3 Å². The number of nitrogens with zero attached hydrogens (tertiary/aromatic N) is 4. The van der Waals surface area contributed by atoms with Gasteiger partial charge < -0.3 is 0 Å². The summed E-state index contributed by atoms with van der Waals surface area (Å²) < 4.78 is 55.4. The number of halogens is 2. The van der Waals surface area contributed by atoms with Crippen LogP contribution in [0.2, 0.25) is 0 Å². The third-order valence-electron chi connectivity index (χ3n) is 3.59. The number of anilines is 2. The highest BCUT2D eigenvalue weighted by molar-refractivity contribution is 7.98. The van der Waals surface area contributed by atoms with Gasteiger partial charge in [0.05, 0.1) is 29.5 Å². The van der Waals surface area contributed by atoms with Crippen LogP contribution in [0, 0.1) is 11.6 Å². The first kappa shape index (κ1) is 18.6. The highest BCUT2D eigenvalue weighted by Gasteiger charge is 2.27. The Bertz CT molecular complexity index is 1050. The first-order chi connectivity index (χ1) is 12.4. The highest BCUT2D eigenvalue weighted by Crippen LogP contribution is 2.32. The van der Waals surface area contributed by atoms with Crippen LogP contribution >= 0.6 is 11.8 Å². The van der Waals surface area contributed by atoms with Gasteiger partial charge >= 0.3 is 0 Å². The molecule has 0 aliphatic carbocycles. The Balaban J connectivity index is 2.20. The summed E-state index contributed by atoms with van der Waals surface area (Å²) in [7, 11) is -3.90. The second-order valence-electron chi connectivity index (χ2n) is 5.48. The average molecular weight is 398 g/mol. The lowest BCUT2D eigenvalue weighted by Crippen LogP contribution is -2.29. The molecule has 0 amide bonds. The van der Waals surface area contributed by atoms with Crippen LogP contribution in [-0.4, -0.2) is 35.0 Å². The third-order valence-corrected chi connectivity index (χ3v) is 6.10. The van der Waals surface area contributed by atoms with Gasteiger partial charge in [0.15, 0.2) is 11.5 Å². The monoisotopic (exact) mass is 398 g/mol. The van der Waals surface area contributed by atoms with Crippen LogP contribution in [-0.2, 0) is 10.0 Å². The van der Waals surface area contributed by atoms with Gasteiger partial charge in [-0.1, -0.05) is 6.92 Å². The quantitative estimate of drug-likeness (QED) is 0.594. The predicted octanol–water partition coefficient (Wildman–Crippen LogP) is 3.61. The van der Waals surface area contributed by atoms with E-state index in [2.05, 4.69) is 10.1 Å². The zero-order valence-corrected chi connectivity index (χ0v) is 15.7. The molecule has 0 bridgehead atoms. The van der Waals surface area contributed by atoms with Gasteiger partial charge in [-0.15, -0.1) is 11.8 Å². The van der Waals surface area contributed by atoms with Crippen molar-refractivity contribution in [2.75, 3.05) is 16.3 Å². The Morgan fingerprint density at radius 2 is 2.04 bits per heavy atom. The van der Waals surface area contributed by atoms with Crippen molar-refractivity contribution in [1.29, 1.82) is 0 Å². The Morgan fingerprint density at radius 3 is 2.69 bits per heavy atom. The van der Waals surface area contributed by atoms with Gasteiger partial charge in [0.2, 0.25) is 10.0 Å². The molecule has 0 spiro atoms. The Labute approximate surface area is 153 Å². The fraction of sp³-hybridized carbons (Fsp3) is 0.250. The van der Waals surface area contributed by atoms with Crippen molar-refractivity contribution in [2.45, 2.75) is 18.4 Å². The smallest absolute Gasteiger partial charge is 0.235 e. The maximum absolute atomic E-state index is 14.3. The van der Waals surface area contributed by atoms with E-state index in [1.165, 1.54) is 28.7 Å². The van der Waals surface area contributed by atoms with E-state index in [9.17, 15) is 17.2 Å². The molecule has 0 saturated heterocycles. The topological polar surface area (TPSA) is 67.6 Å². The molecule has 0 aliphatic heterocycles. The number of hydrogen-bond donors (Lipinski definition) is 0. The third kappa shape index (κ3) is 3.51. The maximum atomic E-state index is 14.3. The van der Waals surface area contributed by atoms with Gasteiger partial charge in [-0.05, 0) is 24.8 Å². The van der Waals surface area contributed by atoms with E-state index in [0.29, 0.717) is 23.2 Å². The molecule has 26 heavy (non-hydrogen) atoms. The van der Waals surface area contributed by atoms with Gasteiger partial charge in [-0.25, -0.2) is 31.0 Å². The molecule has 1 aromatic carbocycles. The Morgan fingerprint density at radius 1 is 1.27 bits per heavy atom. The number of benzene rings is 1. The summed E-state index contributed by atoms with van der Waals surface area (Å²) in [6.07, 6.45) is 4.99. The zero-order chi connectivity index (χ0) is 18.9. The number of rotatable bonds is 6. The van der Waals surface area contributed by atoms with Crippen LogP contribution in [0.4, 0.5) is 20.2 Å². The molecular formula is C16H16F2N4O2S2. The summed E-state index contributed by atoms with van der Waals surface area (Å²) in [5.74, 6) is -1.96. The highest BCUT2D eigenvalue weighted by atomic mass is 32.2. The Kier molecular flexibility index (Phi) is 5.15. The standard InChI is InChI=1S/C16H16F2N4O2S2/c1-3-6-26(23,24)22(14-5-4-11(17)7-13(14)18)12-9-19-15-8-16(25-2)20-21(15)10-12/h4-5,7-10H,3,6H2,1-2H3. The molecule has 0 aliphatic rings. The van der Waals surface area contributed by atoms with E-state index in [0.717, 1.165) is 16.4 Å². The van der Waals surface area contributed by atoms with Gasteiger partial charge in [-0.2, -0.15) is 5.10 Å². The summed E-state index contributed by atoms with van der Waals surface area (Å²) >= 11 is 1.42. The Hall–Kier alpha value is -2.20. The van der Waals surface area contributed by atoms with E-state index < -0.39 is 21.7 Å². The fourth-order valence-electron chi connectivity index (χ4n) is 2.49. The summed E-state index contributed by atoms with van der Waals surface area (Å²) in [5.41, 5.74) is 0.385. The number of fused-ring (bicyclic) bond motifs is 1. The lowest BCUT2D eigenvalue weighted by Gasteiger charge is -2.24. The molecule has 0 N–H and O–H groups in total. The minimum absolute atomic E-state index is 0.118. The molecule has 0 radical (unpaired) electrons. The van der Waals surface area contributed by atoms with Crippen LogP contribution in [0.25, 0.3) is 5.65 Å². The number of sulfonamides is 1. The molecule has 138 valence electrons. The largest absolute Gasteiger partial charge is 0.239 e.